The van der Waals surface area contributed by atoms with E-state index in [2.05, 4.69) is 0 Å². The van der Waals surface area contributed by atoms with Gasteiger partial charge in [0.2, 0.25) is 23.6 Å². The number of carbonyl (C=O) groups excluding carboxylic acids is 4. The van der Waals surface area contributed by atoms with Crippen LogP contribution in [0.1, 0.15) is 52.4 Å². The molecule has 8 heteroatoms. The second-order valence-electron chi connectivity index (χ2n) is 6.03. The smallest absolute Gasteiger partial charge is 0.240 e. The Morgan fingerprint density at radius 2 is 1.21 bits per heavy atom. The van der Waals surface area contributed by atoms with Gasteiger partial charge in [-0.3, -0.25) is 19.2 Å². The van der Waals surface area contributed by atoms with Crippen molar-refractivity contribution in [3.05, 3.63) is 0 Å². The molecule has 136 valence electrons. The normalized spacial score (nSPS) is 19.8. The molecule has 2 fully saturated rings. The van der Waals surface area contributed by atoms with Crippen molar-refractivity contribution in [3.63, 3.8) is 0 Å². The number of rotatable bonds is 6. The first-order valence-electron chi connectivity index (χ1n) is 8.51. The predicted molar refractivity (Wildman–Crippen MR) is 88.4 cm³/mol. The molecule has 0 bridgehead atoms. The fourth-order valence-corrected chi connectivity index (χ4v) is 3.15. The number of nitrogens with zero attached hydrogens (tertiary/aromatic N) is 2. The van der Waals surface area contributed by atoms with E-state index in [9.17, 15) is 19.2 Å². The van der Waals surface area contributed by atoms with Crippen LogP contribution in [-0.4, -0.2) is 58.6 Å². The van der Waals surface area contributed by atoms with Crippen LogP contribution < -0.4 is 11.5 Å². The van der Waals surface area contributed by atoms with Crippen LogP contribution in [0.15, 0.2) is 0 Å². The van der Waals surface area contributed by atoms with Gasteiger partial charge in [-0.05, 0) is 25.7 Å². The zero-order valence-electron chi connectivity index (χ0n) is 14.5. The highest BCUT2D eigenvalue weighted by Gasteiger charge is 2.30. The zero-order chi connectivity index (χ0) is 18.3. The maximum Gasteiger partial charge on any atom is 0.240 e. The molecule has 2 atom stereocenters. The largest absolute Gasteiger partial charge is 0.368 e. The molecule has 0 aromatic heterocycles. The first kappa shape index (κ1) is 19.9. The van der Waals surface area contributed by atoms with Crippen molar-refractivity contribution in [2.24, 2.45) is 11.5 Å². The molecular formula is C16H28N4O4. The van der Waals surface area contributed by atoms with Crippen LogP contribution in [0.4, 0.5) is 0 Å². The summed E-state index contributed by atoms with van der Waals surface area (Å²) in [5, 5.41) is 0. The molecule has 8 nitrogen and oxygen atoms in total. The van der Waals surface area contributed by atoms with Crippen LogP contribution in [-0.2, 0) is 19.2 Å². The van der Waals surface area contributed by atoms with Gasteiger partial charge in [0.25, 0.3) is 0 Å². The van der Waals surface area contributed by atoms with Crippen LogP contribution in [0.2, 0.25) is 0 Å². The van der Waals surface area contributed by atoms with E-state index in [-0.39, 0.29) is 23.9 Å². The van der Waals surface area contributed by atoms with Crippen molar-refractivity contribution < 1.29 is 19.2 Å². The Morgan fingerprint density at radius 3 is 1.38 bits per heavy atom. The molecule has 4 amide bonds. The maximum atomic E-state index is 11.2. The van der Waals surface area contributed by atoms with Gasteiger partial charge < -0.3 is 21.3 Å². The van der Waals surface area contributed by atoms with E-state index in [1.54, 1.807) is 9.80 Å². The third-order valence-corrected chi connectivity index (χ3v) is 4.40. The van der Waals surface area contributed by atoms with Crippen LogP contribution in [0.5, 0.6) is 0 Å². The van der Waals surface area contributed by atoms with Crippen LogP contribution in [0, 0.1) is 0 Å². The Bertz CT molecular complexity index is 450. The van der Waals surface area contributed by atoms with Crippen molar-refractivity contribution in [2.45, 2.75) is 64.5 Å². The lowest BCUT2D eigenvalue weighted by Crippen LogP contribution is -2.44. The highest BCUT2D eigenvalue weighted by molar-refractivity contribution is 5.88. The minimum Gasteiger partial charge on any atom is -0.368 e. The van der Waals surface area contributed by atoms with E-state index in [0.717, 1.165) is 12.8 Å². The van der Waals surface area contributed by atoms with Crippen molar-refractivity contribution in [2.75, 3.05) is 13.1 Å². The van der Waals surface area contributed by atoms with Gasteiger partial charge in [-0.1, -0.05) is 13.8 Å². The summed E-state index contributed by atoms with van der Waals surface area (Å²) in [5.41, 5.74) is 10.3. The van der Waals surface area contributed by atoms with E-state index in [4.69, 9.17) is 11.5 Å². The quantitative estimate of drug-likeness (QED) is 0.691. The SMILES string of the molecule is CCC(C(N)=O)N1CCCC1=O.CC[C@@H](C(N)=O)N1CCCC1=O. The van der Waals surface area contributed by atoms with Gasteiger partial charge in [0, 0.05) is 25.9 Å². The number of hydrogen-bond acceptors (Lipinski definition) is 4. The molecule has 1 unspecified atom stereocenters. The Hall–Kier alpha value is -2.12. The molecule has 0 radical (unpaired) electrons. The van der Waals surface area contributed by atoms with E-state index in [1.165, 1.54) is 0 Å². The number of hydrogen-bond donors (Lipinski definition) is 2. The van der Waals surface area contributed by atoms with E-state index < -0.39 is 11.8 Å². The first-order valence-corrected chi connectivity index (χ1v) is 8.51. The summed E-state index contributed by atoms with van der Waals surface area (Å²) < 4.78 is 0. The third kappa shape index (κ3) is 4.94. The monoisotopic (exact) mass is 340 g/mol. The average molecular weight is 340 g/mol. The van der Waals surface area contributed by atoms with E-state index >= 15 is 0 Å². The van der Waals surface area contributed by atoms with Gasteiger partial charge >= 0.3 is 0 Å². The Labute approximate surface area is 142 Å². The second-order valence-corrected chi connectivity index (χ2v) is 6.03. The summed E-state index contributed by atoms with van der Waals surface area (Å²) in [5.74, 6) is -0.679. The van der Waals surface area contributed by atoms with Gasteiger partial charge in [-0.15, -0.1) is 0 Å². The van der Waals surface area contributed by atoms with Crippen LogP contribution in [0.25, 0.3) is 0 Å². The fourth-order valence-electron chi connectivity index (χ4n) is 3.15. The maximum absolute atomic E-state index is 11.2. The van der Waals surface area contributed by atoms with Crippen molar-refractivity contribution in [3.8, 4) is 0 Å². The minimum absolute atomic E-state index is 0.0562. The van der Waals surface area contributed by atoms with Crippen molar-refractivity contribution in [1.82, 2.24) is 9.80 Å². The second kappa shape index (κ2) is 9.24. The third-order valence-electron chi connectivity index (χ3n) is 4.40. The fraction of sp³-hybridized carbons (Fsp3) is 0.750. The van der Waals surface area contributed by atoms with Gasteiger partial charge in [-0.2, -0.15) is 0 Å². The van der Waals surface area contributed by atoms with Gasteiger partial charge in [0.15, 0.2) is 0 Å². The van der Waals surface area contributed by atoms with Gasteiger partial charge in [-0.25, -0.2) is 0 Å². The lowest BCUT2D eigenvalue weighted by molar-refractivity contribution is -0.136. The molecule has 2 rings (SSSR count). The first-order chi connectivity index (χ1) is 11.3. The molecular weight excluding hydrogens is 312 g/mol. The highest BCUT2D eigenvalue weighted by atomic mass is 16.2. The van der Waals surface area contributed by atoms with E-state index in [1.807, 2.05) is 13.8 Å². The number of primary amides is 2. The lowest BCUT2D eigenvalue weighted by Gasteiger charge is -2.23. The Morgan fingerprint density at radius 1 is 0.875 bits per heavy atom. The summed E-state index contributed by atoms with van der Waals surface area (Å²) in [4.78, 5) is 47.3. The number of amides is 4. The predicted octanol–water partition coefficient (Wildman–Crippen LogP) is -0.255. The summed E-state index contributed by atoms with van der Waals surface area (Å²) >= 11 is 0. The molecule has 24 heavy (non-hydrogen) atoms. The molecule has 0 aromatic rings. The molecule has 0 saturated carbocycles. The molecule has 0 spiro atoms. The summed E-state index contributed by atoms with van der Waals surface area (Å²) in [6, 6.07) is -0.778. The number of likely N-dealkylation sites (tertiary alicyclic amines) is 2. The Kier molecular flexibility index (Phi) is 7.67. The zero-order valence-corrected chi connectivity index (χ0v) is 14.5. The van der Waals surface area contributed by atoms with E-state index in [0.29, 0.717) is 38.8 Å². The average Bonchev–Trinajstić information content (AvgIpc) is 3.11. The summed E-state index contributed by atoms with van der Waals surface area (Å²) in [6.07, 6.45) is 4.04. The standard InChI is InChI=1S/2C8H14N2O2/c2*1-2-6(8(9)12)10-5-3-4-7(10)11/h2*6H,2-5H2,1H3,(H2,9,12)/t6-;/m0./s1. The molecule has 0 aromatic carbocycles. The summed E-state index contributed by atoms with van der Waals surface area (Å²) in [6.45, 7) is 5.09. The molecule has 2 saturated heterocycles. The minimum atomic E-state index is -0.396. The van der Waals surface area contributed by atoms with Crippen LogP contribution in [0.3, 0.4) is 0 Å². The molecule has 2 heterocycles. The summed E-state index contributed by atoms with van der Waals surface area (Å²) in [7, 11) is 0. The molecule has 4 N–H and O–H groups in total. The van der Waals surface area contributed by atoms with Gasteiger partial charge in [0.05, 0.1) is 0 Å². The lowest BCUT2D eigenvalue weighted by atomic mass is 10.2. The molecule has 2 aliphatic heterocycles. The topological polar surface area (TPSA) is 127 Å². The number of nitrogens with two attached hydrogens (primary N) is 2. The Balaban J connectivity index is 0.000000240. The highest BCUT2D eigenvalue weighted by Crippen LogP contribution is 2.15. The molecule has 2 aliphatic rings. The number of carbonyl (C=O) groups is 4. The van der Waals surface area contributed by atoms with Crippen LogP contribution >= 0.6 is 0 Å². The van der Waals surface area contributed by atoms with Gasteiger partial charge in [0.1, 0.15) is 12.1 Å². The van der Waals surface area contributed by atoms with Crippen molar-refractivity contribution >= 4 is 23.6 Å². The molecule has 0 aliphatic carbocycles. The van der Waals surface area contributed by atoms with Crippen molar-refractivity contribution in [1.29, 1.82) is 0 Å².